The summed E-state index contributed by atoms with van der Waals surface area (Å²) >= 11 is 5.83. The SMILES string of the molecule is CCN(Cc1nc2ccccc2c(=O)[nH]1)C(=O)COc1ccc(Cl)cc1. The van der Waals surface area contributed by atoms with E-state index in [1.165, 1.54) is 0 Å². The molecule has 0 saturated carbocycles. The maximum absolute atomic E-state index is 12.4. The molecule has 0 aliphatic heterocycles. The molecule has 3 rings (SSSR count). The molecule has 0 aliphatic carbocycles. The van der Waals surface area contributed by atoms with Gasteiger partial charge < -0.3 is 14.6 Å². The Kier molecular flexibility index (Phi) is 5.53. The lowest BCUT2D eigenvalue weighted by molar-refractivity contribution is -0.133. The van der Waals surface area contributed by atoms with Crippen molar-refractivity contribution in [2.45, 2.75) is 13.5 Å². The van der Waals surface area contributed by atoms with Crippen LogP contribution in [0.2, 0.25) is 5.02 Å². The van der Waals surface area contributed by atoms with E-state index >= 15 is 0 Å². The van der Waals surface area contributed by atoms with E-state index in [9.17, 15) is 9.59 Å². The molecular weight excluding hydrogens is 354 g/mol. The molecule has 0 atom stereocenters. The predicted molar refractivity (Wildman–Crippen MR) is 100 cm³/mol. The molecule has 134 valence electrons. The van der Waals surface area contributed by atoms with E-state index in [4.69, 9.17) is 16.3 Å². The van der Waals surface area contributed by atoms with Crippen LogP contribution < -0.4 is 10.3 Å². The zero-order chi connectivity index (χ0) is 18.5. The van der Waals surface area contributed by atoms with E-state index in [0.29, 0.717) is 34.0 Å². The normalized spacial score (nSPS) is 10.7. The Morgan fingerprint density at radius 2 is 1.92 bits per heavy atom. The number of hydrogen-bond acceptors (Lipinski definition) is 4. The molecule has 0 bridgehead atoms. The molecule has 0 aliphatic rings. The minimum absolute atomic E-state index is 0.104. The van der Waals surface area contributed by atoms with Crippen LogP contribution in [0.3, 0.4) is 0 Å². The van der Waals surface area contributed by atoms with E-state index in [1.54, 1.807) is 47.4 Å². The Balaban J connectivity index is 1.69. The average Bonchev–Trinajstić information content (AvgIpc) is 2.65. The molecule has 0 saturated heterocycles. The number of nitrogens with zero attached hydrogens (tertiary/aromatic N) is 2. The number of fused-ring (bicyclic) bond motifs is 1. The lowest BCUT2D eigenvalue weighted by Gasteiger charge is -2.20. The van der Waals surface area contributed by atoms with Gasteiger partial charge in [0.2, 0.25) is 0 Å². The van der Waals surface area contributed by atoms with Crippen molar-refractivity contribution in [3.05, 3.63) is 69.7 Å². The number of aromatic amines is 1. The van der Waals surface area contributed by atoms with Gasteiger partial charge in [0.25, 0.3) is 11.5 Å². The van der Waals surface area contributed by atoms with Gasteiger partial charge in [-0.05, 0) is 43.3 Å². The van der Waals surface area contributed by atoms with Gasteiger partial charge in [-0.2, -0.15) is 0 Å². The Hall–Kier alpha value is -2.86. The van der Waals surface area contributed by atoms with Crippen molar-refractivity contribution >= 4 is 28.4 Å². The molecule has 1 heterocycles. The summed E-state index contributed by atoms with van der Waals surface area (Å²) in [6.07, 6.45) is 0. The molecule has 0 unspecified atom stereocenters. The first kappa shape index (κ1) is 17.9. The molecule has 1 N–H and O–H groups in total. The van der Waals surface area contributed by atoms with Crippen LogP contribution >= 0.6 is 11.6 Å². The fourth-order valence-electron chi connectivity index (χ4n) is 2.53. The highest BCUT2D eigenvalue weighted by Crippen LogP contribution is 2.15. The molecule has 7 heteroatoms. The molecule has 1 aromatic heterocycles. The highest BCUT2D eigenvalue weighted by atomic mass is 35.5. The number of likely N-dealkylation sites (N-methyl/N-ethyl adjacent to an activating group) is 1. The molecule has 3 aromatic rings. The Morgan fingerprint density at radius 1 is 1.19 bits per heavy atom. The zero-order valence-electron chi connectivity index (χ0n) is 14.2. The topological polar surface area (TPSA) is 75.3 Å². The largest absolute Gasteiger partial charge is 0.484 e. The smallest absolute Gasteiger partial charge is 0.260 e. The maximum atomic E-state index is 12.4. The van der Waals surface area contributed by atoms with Gasteiger partial charge in [-0.15, -0.1) is 0 Å². The summed E-state index contributed by atoms with van der Waals surface area (Å²) in [5.41, 5.74) is 0.388. The van der Waals surface area contributed by atoms with E-state index in [2.05, 4.69) is 9.97 Å². The number of carbonyl (C=O) groups is 1. The monoisotopic (exact) mass is 371 g/mol. The summed E-state index contributed by atoms with van der Waals surface area (Å²) in [6.45, 7) is 2.44. The summed E-state index contributed by atoms with van der Waals surface area (Å²) in [5.74, 6) is 0.810. The lowest BCUT2D eigenvalue weighted by Crippen LogP contribution is -2.35. The van der Waals surface area contributed by atoms with Crippen LogP contribution in [0.4, 0.5) is 0 Å². The second-order valence-corrected chi connectivity index (χ2v) is 6.12. The highest BCUT2D eigenvalue weighted by molar-refractivity contribution is 6.30. The molecule has 2 aromatic carbocycles. The second kappa shape index (κ2) is 8.01. The van der Waals surface area contributed by atoms with Gasteiger partial charge in [-0.3, -0.25) is 9.59 Å². The Labute approximate surface area is 155 Å². The number of ether oxygens (including phenoxy) is 1. The maximum Gasteiger partial charge on any atom is 0.260 e. The standard InChI is InChI=1S/C19H18ClN3O3/c1-2-23(18(24)12-26-14-9-7-13(20)8-10-14)11-17-21-16-6-4-3-5-15(16)19(25)22-17/h3-10H,2,11-12H2,1H3,(H,21,22,25). The van der Waals surface area contributed by atoms with Crippen molar-refractivity contribution < 1.29 is 9.53 Å². The van der Waals surface area contributed by atoms with Crippen LogP contribution in [-0.4, -0.2) is 33.9 Å². The van der Waals surface area contributed by atoms with Crippen molar-refractivity contribution in [2.75, 3.05) is 13.2 Å². The van der Waals surface area contributed by atoms with Crippen molar-refractivity contribution in [3.8, 4) is 5.75 Å². The molecule has 0 radical (unpaired) electrons. The number of benzene rings is 2. The van der Waals surface area contributed by atoms with Crippen molar-refractivity contribution in [2.24, 2.45) is 0 Å². The van der Waals surface area contributed by atoms with Gasteiger partial charge in [0.15, 0.2) is 6.61 Å². The lowest BCUT2D eigenvalue weighted by atomic mass is 10.2. The average molecular weight is 372 g/mol. The number of aromatic nitrogens is 2. The first-order valence-electron chi connectivity index (χ1n) is 8.21. The van der Waals surface area contributed by atoms with E-state index < -0.39 is 0 Å². The van der Waals surface area contributed by atoms with Crippen LogP contribution in [0.15, 0.2) is 53.3 Å². The fraction of sp³-hybridized carbons (Fsp3) is 0.211. The second-order valence-electron chi connectivity index (χ2n) is 5.68. The summed E-state index contributed by atoms with van der Waals surface area (Å²) in [5, 5.41) is 1.13. The number of amides is 1. The fourth-order valence-corrected chi connectivity index (χ4v) is 2.66. The van der Waals surface area contributed by atoms with Crippen molar-refractivity contribution in [1.82, 2.24) is 14.9 Å². The molecular formula is C19H18ClN3O3. The highest BCUT2D eigenvalue weighted by Gasteiger charge is 2.15. The number of halogens is 1. The number of para-hydroxylation sites is 1. The van der Waals surface area contributed by atoms with E-state index in [-0.39, 0.29) is 24.6 Å². The quantitative estimate of drug-likeness (QED) is 0.722. The predicted octanol–water partition coefficient (Wildman–Crippen LogP) is 3.00. The summed E-state index contributed by atoms with van der Waals surface area (Å²) < 4.78 is 5.50. The third kappa shape index (κ3) is 4.21. The van der Waals surface area contributed by atoms with Gasteiger partial charge in [-0.25, -0.2) is 4.98 Å². The van der Waals surface area contributed by atoms with Crippen LogP contribution in [0.25, 0.3) is 10.9 Å². The third-order valence-electron chi connectivity index (χ3n) is 3.91. The minimum Gasteiger partial charge on any atom is -0.484 e. The van der Waals surface area contributed by atoms with Gasteiger partial charge in [0.05, 0.1) is 17.4 Å². The van der Waals surface area contributed by atoms with Crippen LogP contribution in [0, 0.1) is 0 Å². The first-order valence-corrected chi connectivity index (χ1v) is 8.58. The molecule has 6 nitrogen and oxygen atoms in total. The first-order chi connectivity index (χ1) is 12.6. The van der Waals surface area contributed by atoms with Crippen LogP contribution in [0.1, 0.15) is 12.7 Å². The Bertz CT molecular complexity index is 970. The number of rotatable bonds is 6. The minimum atomic E-state index is -0.216. The summed E-state index contributed by atoms with van der Waals surface area (Å²) in [6, 6.07) is 13.9. The molecule has 26 heavy (non-hydrogen) atoms. The summed E-state index contributed by atoms with van der Waals surface area (Å²) in [7, 11) is 0. The molecule has 0 fully saturated rings. The number of nitrogens with one attached hydrogen (secondary N) is 1. The van der Waals surface area contributed by atoms with Gasteiger partial charge in [-0.1, -0.05) is 23.7 Å². The van der Waals surface area contributed by atoms with E-state index in [0.717, 1.165) is 0 Å². The van der Waals surface area contributed by atoms with Gasteiger partial charge in [0, 0.05) is 11.6 Å². The van der Waals surface area contributed by atoms with Crippen LogP contribution in [-0.2, 0) is 11.3 Å². The van der Waals surface area contributed by atoms with Gasteiger partial charge >= 0.3 is 0 Å². The van der Waals surface area contributed by atoms with E-state index in [1.807, 2.05) is 13.0 Å². The summed E-state index contributed by atoms with van der Waals surface area (Å²) in [4.78, 5) is 33.3. The number of hydrogen-bond donors (Lipinski definition) is 1. The van der Waals surface area contributed by atoms with Crippen molar-refractivity contribution in [1.29, 1.82) is 0 Å². The van der Waals surface area contributed by atoms with Crippen LogP contribution in [0.5, 0.6) is 5.75 Å². The third-order valence-corrected chi connectivity index (χ3v) is 4.16. The Morgan fingerprint density at radius 3 is 2.65 bits per heavy atom. The molecule has 0 spiro atoms. The molecule has 1 amide bonds. The number of H-pyrrole nitrogens is 1. The zero-order valence-corrected chi connectivity index (χ0v) is 15.0. The van der Waals surface area contributed by atoms with Crippen molar-refractivity contribution in [3.63, 3.8) is 0 Å². The number of carbonyl (C=O) groups excluding carboxylic acids is 1. The van der Waals surface area contributed by atoms with Gasteiger partial charge in [0.1, 0.15) is 11.6 Å².